The van der Waals surface area contributed by atoms with E-state index in [1.807, 2.05) is 0 Å². The number of benzene rings is 2. The van der Waals surface area contributed by atoms with Crippen molar-refractivity contribution < 1.29 is 13.2 Å². The third-order valence-corrected chi connectivity index (χ3v) is 5.33. The standard InChI is InChI=1S/C17H16ClN3O3S/c1-21-15-8-12(9-16(25(2,23)24)13(15)10-19-21)20-17(22)7-11-5-3-4-6-14(11)18/h3-6,8-10H,7H2,1-2H3,(H,20,22). The molecule has 6 nitrogen and oxygen atoms in total. The second-order valence-electron chi connectivity index (χ2n) is 5.76. The quantitative estimate of drug-likeness (QED) is 0.758. The SMILES string of the molecule is Cn1ncc2c(S(C)(=O)=O)cc(NC(=O)Cc3ccccc3Cl)cc21. The van der Waals surface area contributed by atoms with E-state index in [1.165, 1.54) is 12.3 Å². The number of nitrogens with one attached hydrogen (secondary N) is 1. The van der Waals surface area contributed by atoms with Crippen LogP contribution in [-0.4, -0.2) is 30.4 Å². The smallest absolute Gasteiger partial charge is 0.228 e. The largest absolute Gasteiger partial charge is 0.326 e. The predicted molar refractivity (Wildman–Crippen MR) is 97.6 cm³/mol. The minimum atomic E-state index is -3.47. The van der Waals surface area contributed by atoms with E-state index in [0.29, 0.717) is 27.2 Å². The van der Waals surface area contributed by atoms with Gasteiger partial charge in [0, 0.05) is 29.4 Å². The molecule has 2 aromatic carbocycles. The van der Waals surface area contributed by atoms with Crippen molar-refractivity contribution in [3.63, 3.8) is 0 Å². The number of hydrogen-bond donors (Lipinski definition) is 1. The zero-order valence-electron chi connectivity index (χ0n) is 13.7. The normalized spacial score (nSPS) is 11.6. The molecule has 0 saturated carbocycles. The van der Waals surface area contributed by atoms with Crippen molar-refractivity contribution in [2.75, 3.05) is 11.6 Å². The molecule has 0 aliphatic carbocycles. The second-order valence-corrected chi connectivity index (χ2v) is 8.16. The van der Waals surface area contributed by atoms with Crippen molar-refractivity contribution >= 4 is 43.9 Å². The lowest BCUT2D eigenvalue weighted by Gasteiger charge is -2.09. The van der Waals surface area contributed by atoms with Gasteiger partial charge in [0.05, 0.1) is 23.0 Å². The van der Waals surface area contributed by atoms with Crippen LogP contribution in [0.15, 0.2) is 47.5 Å². The molecule has 0 aliphatic rings. The van der Waals surface area contributed by atoms with Gasteiger partial charge in [-0.25, -0.2) is 8.42 Å². The zero-order valence-corrected chi connectivity index (χ0v) is 15.2. The van der Waals surface area contributed by atoms with Crippen LogP contribution in [0.4, 0.5) is 5.69 Å². The molecule has 130 valence electrons. The number of sulfone groups is 1. The van der Waals surface area contributed by atoms with Gasteiger partial charge in [0.15, 0.2) is 9.84 Å². The van der Waals surface area contributed by atoms with E-state index >= 15 is 0 Å². The number of halogens is 1. The highest BCUT2D eigenvalue weighted by Crippen LogP contribution is 2.27. The number of nitrogens with zero attached hydrogens (tertiary/aromatic N) is 2. The maximum atomic E-state index is 12.3. The highest BCUT2D eigenvalue weighted by molar-refractivity contribution is 7.91. The van der Waals surface area contributed by atoms with Crippen molar-refractivity contribution in [2.24, 2.45) is 7.05 Å². The summed E-state index contributed by atoms with van der Waals surface area (Å²) in [5.74, 6) is -0.283. The van der Waals surface area contributed by atoms with Crippen molar-refractivity contribution in [3.8, 4) is 0 Å². The number of amides is 1. The van der Waals surface area contributed by atoms with E-state index in [1.54, 1.807) is 42.1 Å². The van der Waals surface area contributed by atoms with Crippen molar-refractivity contribution in [3.05, 3.63) is 53.2 Å². The first-order chi connectivity index (χ1) is 11.8. The number of fused-ring (bicyclic) bond motifs is 1. The zero-order chi connectivity index (χ0) is 18.2. The number of rotatable bonds is 4. The maximum absolute atomic E-state index is 12.3. The van der Waals surface area contributed by atoms with Gasteiger partial charge in [0.2, 0.25) is 5.91 Å². The Morgan fingerprint density at radius 2 is 2.00 bits per heavy atom. The molecule has 0 saturated heterocycles. The predicted octanol–water partition coefficient (Wildman–Crippen LogP) is 2.81. The average molecular weight is 378 g/mol. The van der Waals surface area contributed by atoms with Crippen molar-refractivity contribution in [2.45, 2.75) is 11.3 Å². The summed E-state index contributed by atoms with van der Waals surface area (Å²) in [6.45, 7) is 0. The molecule has 0 spiro atoms. The van der Waals surface area contributed by atoms with Gasteiger partial charge < -0.3 is 5.32 Å². The molecule has 1 N–H and O–H groups in total. The van der Waals surface area contributed by atoms with E-state index in [4.69, 9.17) is 11.6 Å². The van der Waals surface area contributed by atoms with Crippen LogP contribution in [0, 0.1) is 0 Å². The fourth-order valence-corrected chi connectivity index (χ4v) is 3.72. The van der Waals surface area contributed by atoms with Crippen molar-refractivity contribution in [1.82, 2.24) is 9.78 Å². The van der Waals surface area contributed by atoms with E-state index in [9.17, 15) is 13.2 Å². The summed E-state index contributed by atoms with van der Waals surface area (Å²) in [7, 11) is -1.75. The molecule has 25 heavy (non-hydrogen) atoms. The van der Waals surface area contributed by atoms with Crippen LogP contribution in [0.25, 0.3) is 10.9 Å². The molecule has 1 heterocycles. The molecule has 1 amide bonds. The number of anilines is 1. The Balaban J connectivity index is 1.95. The first kappa shape index (κ1) is 17.4. The first-order valence-corrected chi connectivity index (χ1v) is 9.72. The summed E-state index contributed by atoms with van der Waals surface area (Å²) in [5, 5.41) is 7.86. The van der Waals surface area contributed by atoms with Gasteiger partial charge in [-0.05, 0) is 23.8 Å². The molecule has 1 aromatic heterocycles. The van der Waals surface area contributed by atoms with Crippen LogP contribution in [0.2, 0.25) is 5.02 Å². The first-order valence-electron chi connectivity index (χ1n) is 7.45. The molecule has 0 radical (unpaired) electrons. The highest BCUT2D eigenvalue weighted by atomic mass is 35.5. The van der Waals surface area contributed by atoms with E-state index in [2.05, 4.69) is 10.4 Å². The Hall–Kier alpha value is -2.38. The monoisotopic (exact) mass is 377 g/mol. The van der Waals surface area contributed by atoms with Crippen LogP contribution in [0.5, 0.6) is 0 Å². The number of carbonyl (C=O) groups excluding carboxylic acids is 1. The fraction of sp³-hybridized carbons (Fsp3) is 0.176. The summed E-state index contributed by atoms with van der Waals surface area (Å²) < 4.78 is 25.7. The Labute approximate surface area is 150 Å². The highest BCUT2D eigenvalue weighted by Gasteiger charge is 2.17. The van der Waals surface area contributed by atoms with Gasteiger partial charge in [-0.1, -0.05) is 29.8 Å². The third kappa shape index (κ3) is 3.67. The van der Waals surface area contributed by atoms with Crippen LogP contribution in [0.1, 0.15) is 5.56 Å². The molecular formula is C17H16ClN3O3S. The van der Waals surface area contributed by atoms with Crippen LogP contribution in [-0.2, 0) is 28.1 Å². The Kier molecular flexibility index (Phi) is 4.53. The Morgan fingerprint density at radius 3 is 2.68 bits per heavy atom. The van der Waals surface area contributed by atoms with Gasteiger partial charge in [-0.2, -0.15) is 5.10 Å². The molecule has 3 aromatic rings. The summed E-state index contributed by atoms with van der Waals surface area (Å²) in [4.78, 5) is 12.4. The van der Waals surface area contributed by atoms with Gasteiger partial charge in [-0.15, -0.1) is 0 Å². The number of carbonyl (C=O) groups is 1. The third-order valence-electron chi connectivity index (χ3n) is 3.82. The maximum Gasteiger partial charge on any atom is 0.228 e. The van der Waals surface area contributed by atoms with Crippen LogP contribution >= 0.6 is 11.6 Å². The number of aromatic nitrogens is 2. The molecule has 0 unspecified atom stereocenters. The molecule has 3 rings (SSSR count). The molecule has 0 atom stereocenters. The van der Waals surface area contributed by atoms with Gasteiger partial charge >= 0.3 is 0 Å². The fourth-order valence-electron chi connectivity index (χ4n) is 2.61. The molecule has 0 fully saturated rings. The molecule has 0 aliphatic heterocycles. The van der Waals surface area contributed by atoms with E-state index in [0.717, 1.165) is 6.26 Å². The molecule has 8 heteroatoms. The second kappa shape index (κ2) is 6.50. The summed E-state index contributed by atoms with van der Waals surface area (Å²) in [6, 6.07) is 10.2. The minimum Gasteiger partial charge on any atom is -0.326 e. The average Bonchev–Trinajstić information content (AvgIpc) is 2.89. The summed E-state index contributed by atoms with van der Waals surface area (Å²) in [6.07, 6.45) is 2.72. The summed E-state index contributed by atoms with van der Waals surface area (Å²) in [5.41, 5.74) is 1.72. The summed E-state index contributed by atoms with van der Waals surface area (Å²) >= 11 is 6.07. The number of hydrogen-bond acceptors (Lipinski definition) is 4. The van der Waals surface area contributed by atoms with Gasteiger partial charge in [0.1, 0.15) is 0 Å². The molecular weight excluding hydrogens is 362 g/mol. The topological polar surface area (TPSA) is 81.1 Å². The van der Waals surface area contributed by atoms with E-state index in [-0.39, 0.29) is 17.2 Å². The Bertz CT molecular complexity index is 1070. The van der Waals surface area contributed by atoms with E-state index < -0.39 is 9.84 Å². The lowest BCUT2D eigenvalue weighted by molar-refractivity contribution is -0.115. The Morgan fingerprint density at radius 1 is 1.28 bits per heavy atom. The molecule has 0 bridgehead atoms. The number of aryl methyl sites for hydroxylation is 1. The minimum absolute atomic E-state index is 0.0945. The van der Waals surface area contributed by atoms with Crippen LogP contribution in [0.3, 0.4) is 0 Å². The van der Waals surface area contributed by atoms with Gasteiger partial charge in [0.25, 0.3) is 0 Å². The van der Waals surface area contributed by atoms with Gasteiger partial charge in [-0.3, -0.25) is 9.48 Å². The lowest BCUT2D eigenvalue weighted by atomic mass is 10.1. The van der Waals surface area contributed by atoms with Crippen molar-refractivity contribution in [1.29, 1.82) is 0 Å². The lowest BCUT2D eigenvalue weighted by Crippen LogP contribution is -2.15. The van der Waals surface area contributed by atoms with Crippen LogP contribution < -0.4 is 5.32 Å².